The first-order valence-electron chi connectivity index (χ1n) is 6.22. The molecule has 1 aromatic carbocycles. The Morgan fingerprint density at radius 2 is 1.90 bits per heavy atom. The van der Waals surface area contributed by atoms with Gasteiger partial charge in [0.1, 0.15) is 11.5 Å². The number of nitrogens with zero attached hydrogens (tertiary/aromatic N) is 2. The minimum absolute atomic E-state index is 0.208. The van der Waals surface area contributed by atoms with Crippen LogP contribution >= 0.6 is 15.9 Å². The molecule has 1 aromatic heterocycles. The van der Waals surface area contributed by atoms with E-state index in [0.717, 1.165) is 10.2 Å². The van der Waals surface area contributed by atoms with Crippen molar-refractivity contribution in [2.24, 2.45) is 7.05 Å². The van der Waals surface area contributed by atoms with Gasteiger partial charge in [0.15, 0.2) is 0 Å². The molecule has 0 saturated heterocycles. The Balaban J connectivity index is 2.13. The summed E-state index contributed by atoms with van der Waals surface area (Å²) in [5.74, 6) is 0.933. The Kier molecular flexibility index (Phi) is 4.85. The highest BCUT2D eigenvalue weighted by Crippen LogP contribution is 2.22. The summed E-state index contributed by atoms with van der Waals surface area (Å²) >= 11 is 3.39. The molecule has 2 aromatic rings. The van der Waals surface area contributed by atoms with E-state index in [9.17, 15) is 4.79 Å². The van der Waals surface area contributed by atoms with E-state index in [-0.39, 0.29) is 5.91 Å². The number of carbonyl (C=O) groups is 1. The van der Waals surface area contributed by atoms with Crippen molar-refractivity contribution < 1.29 is 14.3 Å². The van der Waals surface area contributed by atoms with Crippen LogP contribution in [0.5, 0.6) is 11.5 Å². The maximum Gasteiger partial charge on any atom is 0.251 e. The molecule has 7 heteroatoms. The van der Waals surface area contributed by atoms with Gasteiger partial charge in [-0.15, -0.1) is 0 Å². The number of aryl methyl sites for hydroxylation is 1. The molecule has 0 atom stereocenters. The lowest BCUT2D eigenvalue weighted by Gasteiger charge is -2.09. The van der Waals surface area contributed by atoms with Crippen molar-refractivity contribution in [2.45, 2.75) is 6.54 Å². The minimum atomic E-state index is -0.208. The highest BCUT2D eigenvalue weighted by Gasteiger charge is 2.12. The van der Waals surface area contributed by atoms with E-state index in [1.807, 2.05) is 7.05 Å². The van der Waals surface area contributed by atoms with Crippen molar-refractivity contribution in [3.63, 3.8) is 0 Å². The second kappa shape index (κ2) is 6.62. The highest BCUT2D eigenvalue weighted by molar-refractivity contribution is 9.10. The number of nitrogens with one attached hydrogen (secondary N) is 1. The van der Waals surface area contributed by atoms with Crippen LogP contribution in [0, 0.1) is 0 Å². The summed E-state index contributed by atoms with van der Waals surface area (Å²) in [6, 6.07) is 5.04. The van der Waals surface area contributed by atoms with Gasteiger partial charge in [-0.3, -0.25) is 9.48 Å². The molecule has 0 bridgehead atoms. The summed E-state index contributed by atoms with van der Waals surface area (Å²) in [5, 5.41) is 6.94. The first kappa shape index (κ1) is 15.4. The number of hydrogen-bond acceptors (Lipinski definition) is 4. The number of ether oxygens (including phenoxy) is 2. The standard InChI is InChI=1S/C14H16BrN3O3/c1-18-13(12(15)7-17-18)8-16-14(19)9-4-10(20-2)6-11(5-9)21-3/h4-7H,8H2,1-3H3,(H,16,19). The summed E-state index contributed by atoms with van der Waals surface area (Å²) in [5.41, 5.74) is 1.36. The Morgan fingerprint density at radius 3 is 2.38 bits per heavy atom. The normalized spacial score (nSPS) is 10.3. The van der Waals surface area contributed by atoms with Crippen LogP contribution in [0.1, 0.15) is 16.1 Å². The summed E-state index contributed by atoms with van der Waals surface area (Å²) in [7, 11) is 4.91. The van der Waals surface area contributed by atoms with E-state index < -0.39 is 0 Å². The predicted molar refractivity (Wildman–Crippen MR) is 81.6 cm³/mol. The van der Waals surface area contributed by atoms with E-state index in [1.165, 1.54) is 0 Å². The quantitative estimate of drug-likeness (QED) is 0.894. The maximum absolute atomic E-state index is 12.2. The lowest BCUT2D eigenvalue weighted by Crippen LogP contribution is -2.24. The summed E-state index contributed by atoms with van der Waals surface area (Å²) < 4.78 is 12.9. The van der Waals surface area contributed by atoms with Crippen LogP contribution in [0.4, 0.5) is 0 Å². The SMILES string of the molecule is COc1cc(OC)cc(C(=O)NCc2c(Br)cnn2C)c1. The van der Waals surface area contributed by atoms with Gasteiger partial charge in [-0.25, -0.2) is 0 Å². The van der Waals surface area contributed by atoms with Gasteiger partial charge in [-0.05, 0) is 28.1 Å². The number of amides is 1. The van der Waals surface area contributed by atoms with Crippen LogP contribution in [0.2, 0.25) is 0 Å². The van der Waals surface area contributed by atoms with E-state index in [4.69, 9.17) is 9.47 Å². The molecule has 2 rings (SSSR count). The zero-order valence-corrected chi connectivity index (χ0v) is 13.6. The van der Waals surface area contributed by atoms with Crippen molar-refractivity contribution in [1.29, 1.82) is 0 Å². The first-order chi connectivity index (χ1) is 10.0. The van der Waals surface area contributed by atoms with Gasteiger partial charge in [0, 0.05) is 18.7 Å². The van der Waals surface area contributed by atoms with Crippen LogP contribution in [-0.2, 0) is 13.6 Å². The third kappa shape index (κ3) is 3.55. The Labute approximate surface area is 131 Å². The third-order valence-electron chi connectivity index (χ3n) is 3.04. The smallest absolute Gasteiger partial charge is 0.251 e. The topological polar surface area (TPSA) is 65.4 Å². The van der Waals surface area contributed by atoms with Crippen molar-refractivity contribution in [3.05, 3.63) is 40.1 Å². The van der Waals surface area contributed by atoms with Crippen molar-refractivity contribution in [3.8, 4) is 11.5 Å². The third-order valence-corrected chi connectivity index (χ3v) is 3.70. The molecule has 112 valence electrons. The van der Waals surface area contributed by atoms with E-state index in [1.54, 1.807) is 43.3 Å². The number of carbonyl (C=O) groups excluding carboxylic acids is 1. The van der Waals surface area contributed by atoms with E-state index in [2.05, 4.69) is 26.3 Å². The van der Waals surface area contributed by atoms with Crippen LogP contribution in [0.15, 0.2) is 28.9 Å². The molecule has 6 nitrogen and oxygen atoms in total. The molecular weight excluding hydrogens is 338 g/mol. The predicted octanol–water partition coefficient (Wildman–Crippen LogP) is 2.13. The fourth-order valence-corrected chi connectivity index (χ4v) is 2.33. The molecule has 0 radical (unpaired) electrons. The highest BCUT2D eigenvalue weighted by atomic mass is 79.9. The van der Waals surface area contributed by atoms with Gasteiger partial charge in [-0.1, -0.05) is 0 Å². The fourth-order valence-electron chi connectivity index (χ4n) is 1.84. The van der Waals surface area contributed by atoms with Crippen LogP contribution in [0.3, 0.4) is 0 Å². The van der Waals surface area contributed by atoms with Gasteiger partial charge in [-0.2, -0.15) is 5.10 Å². The largest absolute Gasteiger partial charge is 0.497 e. The Bertz CT molecular complexity index is 613. The molecule has 0 aliphatic rings. The lowest BCUT2D eigenvalue weighted by atomic mass is 10.2. The van der Waals surface area contributed by atoms with Crippen LogP contribution in [-0.4, -0.2) is 29.9 Å². The molecule has 1 heterocycles. The maximum atomic E-state index is 12.2. The van der Waals surface area contributed by atoms with Gasteiger partial charge in [0.05, 0.1) is 37.1 Å². The molecule has 0 saturated carbocycles. The van der Waals surface area contributed by atoms with Gasteiger partial charge < -0.3 is 14.8 Å². The monoisotopic (exact) mass is 353 g/mol. The van der Waals surface area contributed by atoms with Crippen molar-refractivity contribution in [2.75, 3.05) is 14.2 Å². The summed E-state index contributed by atoms with van der Waals surface area (Å²) in [6.07, 6.45) is 1.69. The molecule has 0 aliphatic carbocycles. The van der Waals surface area contributed by atoms with Crippen molar-refractivity contribution >= 4 is 21.8 Å². The van der Waals surface area contributed by atoms with Crippen LogP contribution in [0.25, 0.3) is 0 Å². The Hall–Kier alpha value is -2.02. The molecule has 1 N–H and O–H groups in total. The summed E-state index contributed by atoms with van der Waals surface area (Å²) in [4.78, 5) is 12.2. The Morgan fingerprint density at radius 1 is 1.29 bits per heavy atom. The molecule has 0 unspecified atom stereocenters. The number of rotatable bonds is 5. The zero-order chi connectivity index (χ0) is 15.4. The zero-order valence-electron chi connectivity index (χ0n) is 12.0. The van der Waals surface area contributed by atoms with Crippen LogP contribution < -0.4 is 14.8 Å². The number of halogens is 1. The number of methoxy groups -OCH3 is 2. The molecule has 0 spiro atoms. The van der Waals surface area contributed by atoms with Crippen molar-refractivity contribution in [1.82, 2.24) is 15.1 Å². The number of hydrogen-bond donors (Lipinski definition) is 1. The molecule has 0 fully saturated rings. The van der Waals surface area contributed by atoms with E-state index in [0.29, 0.717) is 23.6 Å². The second-order valence-electron chi connectivity index (χ2n) is 4.35. The average molecular weight is 354 g/mol. The first-order valence-corrected chi connectivity index (χ1v) is 7.02. The summed E-state index contributed by atoms with van der Waals surface area (Å²) in [6.45, 7) is 0.370. The number of aromatic nitrogens is 2. The average Bonchev–Trinajstić information content (AvgIpc) is 2.83. The molecule has 21 heavy (non-hydrogen) atoms. The molecule has 0 aliphatic heterocycles. The lowest BCUT2D eigenvalue weighted by molar-refractivity contribution is 0.0949. The van der Waals surface area contributed by atoms with E-state index >= 15 is 0 Å². The molecular formula is C14H16BrN3O3. The molecule has 1 amide bonds. The van der Waals surface area contributed by atoms with Gasteiger partial charge in [0.2, 0.25) is 0 Å². The van der Waals surface area contributed by atoms with Gasteiger partial charge in [0.25, 0.3) is 5.91 Å². The fraction of sp³-hybridized carbons (Fsp3) is 0.286. The number of benzene rings is 1. The second-order valence-corrected chi connectivity index (χ2v) is 5.20. The minimum Gasteiger partial charge on any atom is -0.497 e. The van der Waals surface area contributed by atoms with Gasteiger partial charge >= 0.3 is 0 Å².